The zero-order chi connectivity index (χ0) is 25.4. The Balaban J connectivity index is 1.90. The summed E-state index contributed by atoms with van der Waals surface area (Å²) in [5.74, 6) is -1.01. The van der Waals surface area contributed by atoms with Gasteiger partial charge in [-0.3, -0.25) is 9.59 Å². The fourth-order valence-corrected chi connectivity index (χ4v) is 4.16. The summed E-state index contributed by atoms with van der Waals surface area (Å²) in [6, 6.07) is 18.4. The predicted octanol–water partition coefficient (Wildman–Crippen LogP) is 6.59. The van der Waals surface area contributed by atoms with Crippen molar-refractivity contribution in [1.82, 2.24) is 5.32 Å². The fraction of sp³-hybridized carbons (Fsp3) is 0.286. The van der Waals surface area contributed by atoms with E-state index in [1.54, 1.807) is 18.2 Å². The molecule has 2 N–H and O–H groups in total. The summed E-state index contributed by atoms with van der Waals surface area (Å²) in [6.07, 6.45) is 0.551. The van der Waals surface area contributed by atoms with Crippen LogP contribution in [0.3, 0.4) is 0 Å². The lowest BCUT2D eigenvalue weighted by Crippen LogP contribution is -2.31. The number of benzene rings is 3. The zero-order valence-electron chi connectivity index (χ0n) is 19.8. The average molecular weight is 498 g/mol. The number of carbonyl (C=O) groups is 2. The molecule has 184 valence electrons. The highest BCUT2D eigenvalue weighted by molar-refractivity contribution is 6.31. The number of nitrogens with one attached hydrogen (secondary N) is 1. The molecule has 3 rings (SSSR count). The molecular formula is C28H29ClFNO4. The van der Waals surface area contributed by atoms with Crippen molar-refractivity contribution in [3.05, 3.63) is 99.8 Å². The summed E-state index contributed by atoms with van der Waals surface area (Å²) in [5.41, 5.74) is 1.92. The van der Waals surface area contributed by atoms with Gasteiger partial charge in [-0.05, 0) is 60.2 Å². The number of ether oxygens (including phenoxy) is 1. The third kappa shape index (κ3) is 7.55. The first-order chi connectivity index (χ1) is 16.7. The van der Waals surface area contributed by atoms with Crippen LogP contribution in [0.2, 0.25) is 5.02 Å². The van der Waals surface area contributed by atoms with Crippen molar-refractivity contribution in [3.8, 4) is 5.75 Å². The van der Waals surface area contributed by atoms with E-state index in [1.807, 2.05) is 50.2 Å². The van der Waals surface area contributed by atoms with Crippen molar-refractivity contribution in [3.63, 3.8) is 0 Å². The first kappa shape index (κ1) is 26.2. The van der Waals surface area contributed by atoms with Crippen LogP contribution in [0.15, 0.2) is 66.7 Å². The van der Waals surface area contributed by atoms with Gasteiger partial charge < -0.3 is 15.2 Å². The van der Waals surface area contributed by atoms with E-state index >= 15 is 0 Å². The third-order valence-corrected chi connectivity index (χ3v) is 5.87. The second-order valence-electron chi connectivity index (χ2n) is 8.78. The number of para-hydroxylation sites is 1. The van der Waals surface area contributed by atoms with Crippen LogP contribution in [-0.4, -0.2) is 17.0 Å². The molecule has 0 aliphatic carbocycles. The molecular weight excluding hydrogens is 469 g/mol. The molecule has 0 spiro atoms. The Bertz CT molecular complexity index is 1150. The van der Waals surface area contributed by atoms with Gasteiger partial charge in [0.1, 0.15) is 18.2 Å². The molecule has 7 heteroatoms. The Morgan fingerprint density at radius 2 is 1.80 bits per heavy atom. The van der Waals surface area contributed by atoms with Crippen LogP contribution < -0.4 is 10.1 Å². The highest BCUT2D eigenvalue weighted by Gasteiger charge is 2.24. The van der Waals surface area contributed by atoms with Gasteiger partial charge in [0.2, 0.25) is 0 Å². The van der Waals surface area contributed by atoms with Crippen molar-refractivity contribution < 1.29 is 23.8 Å². The maximum atomic E-state index is 14.7. The number of aliphatic carboxylic acids is 1. The number of aryl methyl sites for hydroxylation is 1. The first-order valence-electron chi connectivity index (χ1n) is 11.5. The summed E-state index contributed by atoms with van der Waals surface area (Å²) < 4.78 is 20.5. The maximum Gasteiger partial charge on any atom is 0.303 e. The van der Waals surface area contributed by atoms with Crippen LogP contribution in [0.1, 0.15) is 59.8 Å². The molecule has 5 nitrogen and oxygen atoms in total. The summed E-state index contributed by atoms with van der Waals surface area (Å²) in [4.78, 5) is 24.6. The minimum atomic E-state index is -0.955. The van der Waals surface area contributed by atoms with Crippen LogP contribution in [-0.2, 0) is 17.8 Å². The highest BCUT2D eigenvalue weighted by Crippen LogP contribution is 2.31. The molecule has 0 aliphatic rings. The zero-order valence-corrected chi connectivity index (χ0v) is 20.5. The van der Waals surface area contributed by atoms with Gasteiger partial charge in [0, 0.05) is 22.6 Å². The van der Waals surface area contributed by atoms with Crippen LogP contribution in [0, 0.1) is 11.7 Å². The highest BCUT2D eigenvalue weighted by atomic mass is 35.5. The molecule has 3 aromatic rings. The third-order valence-electron chi connectivity index (χ3n) is 5.54. The minimum Gasteiger partial charge on any atom is -0.489 e. The van der Waals surface area contributed by atoms with E-state index in [2.05, 4.69) is 5.32 Å². The molecule has 0 aromatic heterocycles. The molecule has 0 saturated heterocycles. The quantitative estimate of drug-likeness (QED) is 0.313. The molecule has 0 radical (unpaired) electrons. The summed E-state index contributed by atoms with van der Waals surface area (Å²) >= 11 is 6.30. The number of amides is 1. The largest absolute Gasteiger partial charge is 0.489 e. The van der Waals surface area contributed by atoms with Gasteiger partial charge >= 0.3 is 5.97 Å². The number of carboxylic acid groups (broad SMARTS) is 1. The van der Waals surface area contributed by atoms with E-state index in [0.29, 0.717) is 23.3 Å². The fourth-order valence-electron chi connectivity index (χ4n) is 3.87. The van der Waals surface area contributed by atoms with Gasteiger partial charge in [-0.25, -0.2) is 4.39 Å². The normalized spacial score (nSPS) is 11.8. The lowest BCUT2D eigenvalue weighted by molar-refractivity contribution is -0.136. The Morgan fingerprint density at radius 1 is 1.06 bits per heavy atom. The van der Waals surface area contributed by atoms with Crippen molar-refractivity contribution in [2.24, 2.45) is 5.92 Å². The maximum absolute atomic E-state index is 14.7. The second kappa shape index (κ2) is 12.4. The van der Waals surface area contributed by atoms with Crippen molar-refractivity contribution in [1.29, 1.82) is 0 Å². The van der Waals surface area contributed by atoms with Gasteiger partial charge in [0.05, 0.1) is 6.04 Å². The van der Waals surface area contributed by atoms with Gasteiger partial charge in [-0.1, -0.05) is 61.8 Å². The molecule has 1 atom stereocenters. The first-order valence-corrected chi connectivity index (χ1v) is 11.9. The van der Waals surface area contributed by atoms with Gasteiger partial charge in [0.15, 0.2) is 0 Å². The van der Waals surface area contributed by atoms with Crippen molar-refractivity contribution in [2.45, 2.75) is 45.8 Å². The van der Waals surface area contributed by atoms with E-state index in [4.69, 9.17) is 21.4 Å². The Hall–Kier alpha value is -3.38. The Kier molecular flexibility index (Phi) is 9.26. The van der Waals surface area contributed by atoms with Gasteiger partial charge in [0.25, 0.3) is 5.91 Å². The van der Waals surface area contributed by atoms with E-state index in [-0.39, 0.29) is 36.0 Å². The lowest BCUT2D eigenvalue weighted by atomic mass is 9.94. The molecule has 0 aliphatic heterocycles. The number of rotatable bonds is 11. The molecule has 35 heavy (non-hydrogen) atoms. The van der Waals surface area contributed by atoms with Crippen molar-refractivity contribution >= 4 is 23.5 Å². The standard InChI is InChI=1S/C28H29ClFNO4/c1-18(2)15-25(27-23(29)9-6-10-24(27)30)31-28(34)22-16-19(11-12-20(22)13-14-26(32)33)17-35-21-7-4-3-5-8-21/h3-12,16,18,25H,13-15,17H2,1-2H3,(H,31,34)(H,32,33). The van der Waals surface area contributed by atoms with E-state index in [1.165, 1.54) is 12.1 Å². The van der Waals surface area contributed by atoms with Crippen LogP contribution in [0.4, 0.5) is 4.39 Å². The summed E-state index contributed by atoms with van der Waals surface area (Å²) in [5, 5.41) is 12.3. The Morgan fingerprint density at radius 3 is 2.46 bits per heavy atom. The summed E-state index contributed by atoms with van der Waals surface area (Å²) in [6.45, 7) is 4.19. The summed E-state index contributed by atoms with van der Waals surface area (Å²) in [7, 11) is 0. The van der Waals surface area contributed by atoms with E-state index in [9.17, 15) is 14.0 Å². The molecule has 1 amide bonds. The number of hydrogen-bond donors (Lipinski definition) is 2. The van der Waals surface area contributed by atoms with Crippen LogP contribution in [0.25, 0.3) is 0 Å². The second-order valence-corrected chi connectivity index (χ2v) is 9.19. The molecule has 0 heterocycles. The topological polar surface area (TPSA) is 75.6 Å². The van der Waals surface area contributed by atoms with Gasteiger partial charge in [-0.2, -0.15) is 0 Å². The number of halogens is 2. The lowest BCUT2D eigenvalue weighted by Gasteiger charge is -2.23. The molecule has 1 unspecified atom stereocenters. The monoisotopic (exact) mass is 497 g/mol. The molecule has 3 aromatic carbocycles. The van der Waals surface area contributed by atoms with Gasteiger partial charge in [-0.15, -0.1) is 0 Å². The Labute approximate surface area is 209 Å². The number of hydrogen-bond acceptors (Lipinski definition) is 3. The number of carbonyl (C=O) groups excluding carboxylic acids is 1. The van der Waals surface area contributed by atoms with Crippen LogP contribution >= 0.6 is 11.6 Å². The smallest absolute Gasteiger partial charge is 0.303 e. The minimum absolute atomic E-state index is 0.116. The molecule has 0 fully saturated rings. The van der Waals surface area contributed by atoms with E-state index in [0.717, 1.165) is 5.56 Å². The number of carboxylic acids is 1. The van der Waals surface area contributed by atoms with Crippen LogP contribution in [0.5, 0.6) is 5.75 Å². The van der Waals surface area contributed by atoms with E-state index < -0.39 is 23.7 Å². The SMILES string of the molecule is CC(C)CC(NC(=O)c1cc(COc2ccccc2)ccc1CCC(=O)O)c1c(F)cccc1Cl. The molecule has 0 bridgehead atoms. The average Bonchev–Trinajstić information content (AvgIpc) is 2.81. The predicted molar refractivity (Wildman–Crippen MR) is 134 cm³/mol. The van der Waals surface area contributed by atoms with Crippen molar-refractivity contribution in [2.75, 3.05) is 0 Å². The molecule has 0 saturated carbocycles.